The van der Waals surface area contributed by atoms with Crippen molar-refractivity contribution in [1.82, 2.24) is 0 Å². The van der Waals surface area contributed by atoms with Crippen LogP contribution in [0.4, 0.5) is 5.69 Å². The van der Waals surface area contributed by atoms with Crippen LogP contribution in [-0.2, 0) is 14.3 Å². The summed E-state index contributed by atoms with van der Waals surface area (Å²) in [6.45, 7) is 0.927. The van der Waals surface area contributed by atoms with Crippen LogP contribution in [0.25, 0.3) is 6.08 Å². The maximum Gasteiger partial charge on any atom is 0.330 e. The molecule has 2 rings (SSSR count). The fourth-order valence-electron chi connectivity index (χ4n) is 1.94. The first-order valence-corrected chi connectivity index (χ1v) is 6.84. The molecule has 1 atom stereocenters. The molecule has 0 bridgehead atoms. The summed E-state index contributed by atoms with van der Waals surface area (Å²) in [5.41, 5.74) is 0.298. The van der Waals surface area contributed by atoms with Crippen molar-refractivity contribution in [3.05, 3.63) is 45.0 Å². The van der Waals surface area contributed by atoms with Crippen molar-refractivity contribution < 1.29 is 19.2 Å². The Bertz CT molecular complexity index is 566. The summed E-state index contributed by atoms with van der Waals surface area (Å²) < 4.78 is 10.4. The second-order valence-electron chi connectivity index (χ2n) is 4.57. The molecule has 1 heterocycles. The molecule has 1 unspecified atom stereocenters. The highest BCUT2D eigenvalue weighted by atomic mass is 35.5. The van der Waals surface area contributed by atoms with Crippen molar-refractivity contribution in [3.8, 4) is 0 Å². The van der Waals surface area contributed by atoms with E-state index in [0.29, 0.717) is 12.2 Å². The third kappa shape index (κ3) is 4.54. The monoisotopic (exact) mass is 311 g/mol. The molecule has 7 heteroatoms. The molecular weight excluding hydrogens is 298 g/mol. The summed E-state index contributed by atoms with van der Waals surface area (Å²) in [4.78, 5) is 21.7. The van der Waals surface area contributed by atoms with Crippen molar-refractivity contribution >= 4 is 29.3 Å². The van der Waals surface area contributed by atoms with Crippen molar-refractivity contribution in [2.75, 3.05) is 13.2 Å². The number of nitro groups is 1. The van der Waals surface area contributed by atoms with Gasteiger partial charge in [0.25, 0.3) is 5.69 Å². The van der Waals surface area contributed by atoms with Gasteiger partial charge in [0.1, 0.15) is 11.6 Å². The van der Waals surface area contributed by atoms with E-state index in [9.17, 15) is 14.9 Å². The average molecular weight is 312 g/mol. The van der Waals surface area contributed by atoms with Crippen LogP contribution < -0.4 is 0 Å². The molecule has 21 heavy (non-hydrogen) atoms. The van der Waals surface area contributed by atoms with Gasteiger partial charge in [0.05, 0.1) is 11.0 Å². The molecule has 0 saturated carbocycles. The Morgan fingerprint density at radius 3 is 3.05 bits per heavy atom. The SMILES string of the molecule is O=C(/C=C/c1ccc(Cl)c([N+](=O)[O-])c1)OCC1CCCO1. The number of benzene rings is 1. The van der Waals surface area contributed by atoms with Crippen LogP contribution in [0, 0.1) is 10.1 Å². The topological polar surface area (TPSA) is 78.7 Å². The number of halogens is 1. The van der Waals surface area contributed by atoms with E-state index in [1.807, 2.05) is 0 Å². The number of esters is 1. The van der Waals surface area contributed by atoms with Crippen LogP contribution in [0.1, 0.15) is 18.4 Å². The summed E-state index contributed by atoms with van der Waals surface area (Å²) in [5, 5.41) is 10.8. The molecule has 0 aliphatic carbocycles. The Morgan fingerprint density at radius 2 is 2.38 bits per heavy atom. The predicted molar refractivity (Wildman–Crippen MR) is 77.1 cm³/mol. The van der Waals surface area contributed by atoms with E-state index in [1.165, 1.54) is 24.3 Å². The van der Waals surface area contributed by atoms with Crippen molar-refractivity contribution in [2.45, 2.75) is 18.9 Å². The molecule has 1 saturated heterocycles. The largest absolute Gasteiger partial charge is 0.460 e. The highest BCUT2D eigenvalue weighted by molar-refractivity contribution is 6.32. The average Bonchev–Trinajstić information content (AvgIpc) is 2.97. The Morgan fingerprint density at radius 1 is 1.57 bits per heavy atom. The van der Waals surface area contributed by atoms with Gasteiger partial charge in [-0.1, -0.05) is 17.7 Å². The molecule has 0 radical (unpaired) electrons. The molecule has 1 aromatic carbocycles. The molecule has 0 N–H and O–H groups in total. The molecule has 1 aliphatic heterocycles. The lowest BCUT2D eigenvalue weighted by molar-refractivity contribution is -0.384. The van der Waals surface area contributed by atoms with Crippen molar-refractivity contribution in [1.29, 1.82) is 0 Å². The minimum absolute atomic E-state index is 0.0287. The van der Waals surface area contributed by atoms with Crippen molar-refractivity contribution in [2.24, 2.45) is 0 Å². The molecule has 1 aromatic rings. The maximum absolute atomic E-state index is 11.5. The minimum atomic E-state index is -0.574. The van der Waals surface area contributed by atoms with Crippen molar-refractivity contribution in [3.63, 3.8) is 0 Å². The van der Waals surface area contributed by atoms with Gasteiger partial charge in [0.15, 0.2) is 0 Å². The van der Waals surface area contributed by atoms with E-state index < -0.39 is 10.9 Å². The second-order valence-corrected chi connectivity index (χ2v) is 4.97. The first-order valence-electron chi connectivity index (χ1n) is 6.46. The third-order valence-corrected chi connectivity index (χ3v) is 3.33. The van der Waals surface area contributed by atoms with E-state index in [1.54, 1.807) is 6.07 Å². The number of carbonyl (C=O) groups is 1. The zero-order valence-corrected chi connectivity index (χ0v) is 11.9. The molecule has 0 aromatic heterocycles. The highest BCUT2D eigenvalue weighted by Gasteiger charge is 2.16. The van der Waals surface area contributed by atoms with Crippen LogP contribution in [0.5, 0.6) is 0 Å². The quantitative estimate of drug-likeness (QED) is 0.361. The molecule has 0 amide bonds. The first kappa shape index (κ1) is 15.5. The summed E-state index contributed by atoms with van der Waals surface area (Å²) in [7, 11) is 0. The molecule has 1 aliphatic rings. The number of carbonyl (C=O) groups excluding carboxylic acids is 1. The zero-order chi connectivity index (χ0) is 15.2. The Labute approximate surface area is 126 Å². The Balaban J connectivity index is 1.92. The summed E-state index contributed by atoms with van der Waals surface area (Å²) in [6, 6.07) is 4.29. The van der Waals surface area contributed by atoms with Gasteiger partial charge in [-0.2, -0.15) is 0 Å². The molecule has 1 fully saturated rings. The van der Waals surface area contributed by atoms with Crippen LogP contribution in [0.15, 0.2) is 24.3 Å². The van der Waals surface area contributed by atoms with Gasteiger partial charge in [-0.3, -0.25) is 10.1 Å². The number of nitrogens with zero attached hydrogens (tertiary/aromatic N) is 1. The Hall–Kier alpha value is -1.92. The van der Waals surface area contributed by atoms with Crippen LogP contribution in [0.2, 0.25) is 5.02 Å². The van der Waals surface area contributed by atoms with E-state index in [-0.39, 0.29) is 23.4 Å². The van der Waals surface area contributed by atoms with Gasteiger partial charge in [0.2, 0.25) is 0 Å². The maximum atomic E-state index is 11.5. The van der Waals surface area contributed by atoms with Crippen LogP contribution >= 0.6 is 11.6 Å². The van der Waals surface area contributed by atoms with Crippen LogP contribution in [-0.4, -0.2) is 30.2 Å². The molecular formula is C14H14ClNO5. The lowest BCUT2D eigenvalue weighted by Crippen LogP contribution is -2.16. The molecule has 112 valence electrons. The lowest BCUT2D eigenvalue weighted by Gasteiger charge is -2.08. The van der Waals surface area contributed by atoms with Crippen LogP contribution in [0.3, 0.4) is 0 Å². The van der Waals surface area contributed by atoms with Gasteiger partial charge < -0.3 is 9.47 Å². The highest BCUT2D eigenvalue weighted by Crippen LogP contribution is 2.25. The van der Waals surface area contributed by atoms with Gasteiger partial charge >= 0.3 is 5.97 Å². The number of rotatable bonds is 5. The second kappa shape index (κ2) is 7.19. The Kier molecular flexibility index (Phi) is 5.30. The number of hydrogen-bond donors (Lipinski definition) is 0. The number of nitro benzene ring substituents is 1. The van der Waals surface area contributed by atoms with E-state index in [0.717, 1.165) is 12.8 Å². The fraction of sp³-hybridized carbons (Fsp3) is 0.357. The van der Waals surface area contributed by atoms with Gasteiger partial charge in [-0.05, 0) is 30.5 Å². The zero-order valence-electron chi connectivity index (χ0n) is 11.2. The summed E-state index contributed by atoms with van der Waals surface area (Å²) in [5.74, 6) is -0.511. The van der Waals surface area contributed by atoms with E-state index >= 15 is 0 Å². The number of ether oxygens (including phenoxy) is 2. The summed E-state index contributed by atoms with van der Waals surface area (Å²) >= 11 is 5.71. The first-order chi connectivity index (χ1) is 10.1. The third-order valence-electron chi connectivity index (χ3n) is 3.01. The van der Waals surface area contributed by atoms with Gasteiger partial charge in [0, 0.05) is 18.7 Å². The molecule has 6 nitrogen and oxygen atoms in total. The van der Waals surface area contributed by atoms with Gasteiger partial charge in [-0.25, -0.2) is 4.79 Å². The minimum Gasteiger partial charge on any atom is -0.460 e. The van der Waals surface area contributed by atoms with Gasteiger partial charge in [-0.15, -0.1) is 0 Å². The molecule has 0 spiro atoms. The smallest absolute Gasteiger partial charge is 0.330 e. The number of hydrogen-bond acceptors (Lipinski definition) is 5. The summed E-state index contributed by atoms with van der Waals surface area (Å²) in [6.07, 6.45) is 4.51. The predicted octanol–water partition coefficient (Wildman–Crippen LogP) is 2.98. The van der Waals surface area contributed by atoms with E-state index in [2.05, 4.69) is 0 Å². The lowest BCUT2D eigenvalue weighted by atomic mass is 10.2. The fourth-order valence-corrected chi connectivity index (χ4v) is 2.12. The van der Waals surface area contributed by atoms with E-state index in [4.69, 9.17) is 21.1 Å². The standard InChI is InChI=1S/C14H14ClNO5/c15-12-5-3-10(8-13(12)16(18)19)4-6-14(17)21-9-11-2-1-7-20-11/h3-6,8,11H,1-2,7,9H2/b6-4+. The normalized spacial score (nSPS) is 18.0.